The lowest BCUT2D eigenvalue weighted by Crippen LogP contribution is -2.04. The standard InChI is InChI=1S/C15H20ClN3S2/c1-9(2)6-19-14(13-12(16)11(5)8-20-13)17-18-15(19)21-7-10(3)4/h8,10H,1,6-7H2,2-5H3. The van der Waals surface area contributed by atoms with Crippen LogP contribution in [0.3, 0.4) is 0 Å². The van der Waals surface area contributed by atoms with Crippen LogP contribution < -0.4 is 0 Å². The van der Waals surface area contributed by atoms with E-state index in [1.54, 1.807) is 23.1 Å². The van der Waals surface area contributed by atoms with Crippen molar-refractivity contribution in [2.45, 2.75) is 39.4 Å². The van der Waals surface area contributed by atoms with Crippen LogP contribution in [0.15, 0.2) is 22.7 Å². The molecule has 2 rings (SSSR count). The molecule has 0 bridgehead atoms. The summed E-state index contributed by atoms with van der Waals surface area (Å²) in [5.41, 5.74) is 2.16. The van der Waals surface area contributed by atoms with Crippen LogP contribution in [-0.4, -0.2) is 20.5 Å². The van der Waals surface area contributed by atoms with Gasteiger partial charge in [-0.2, -0.15) is 0 Å². The maximum Gasteiger partial charge on any atom is 0.191 e. The lowest BCUT2D eigenvalue weighted by molar-refractivity contribution is 0.699. The number of aromatic nitrogens is 3. The van der Waals surface area contributed by atoms with Crippen LogP contribution in [-0.2, 0) is 6.54 Å². The second-order valence-electron chi connectivity index (χ2n) is 5.62. The summed E-state index contributed by atoms with van der Waals surface area (Å²) in [4.78, 5) is 0.985. The van der Waals surface area contributed by atoms with E-state index in [2.05, 4.69) is 40.6 Å². The highest BCUT2D eigenvalue weighted by molar-refractivity contribution is 7.99. The summed E-state index contributed by atoms with van der Waals surface area (Å²) < 4.78 is 2.12. The molecule has 3 nitrogen and oxygen atoms in total. The number of aryl methyl sites for hydroxylation is 1. The first-order valence-corrected chi connectivity index (χ1v) is 9.08. The Labute approximate surface area is 139 Å². The largest absolute Gasteiger partial charge is 0.297 e. The summed E-state index contributed by atoms with van der Waals surface area (Å²) in [5.74, 6) is 2.47. The third-order valence-corrected chi connectivity index (χ3v) is 5.88. The molecule has 0 aromatic carbocycles. The van der Waals surface area contributed by atoms with Gasteiger partial charge in [0.2, 0.25) is 0 Å². The van der Waals surface area contributed by atoms with E-state index in [0.29, 0.717) is 5.92 Å². The summed E-state index contributed by atoms with van der Waals surface area (Å²) in [6, 6.07) is 0. The minimum Gasteiger partial charge on any atom is -0.297 e. The zero-order valence-corrected chi connectivity index (χ0v) is 15.2. The Morgan fingerprint density at radius 1 is 1.48 bits per heavy atom. The van der Waals surface area contributed by atoms with Gasteiger partial charge in [-0.05, 0) is 30.7 Å². The van der Waals surface area contributed by atoms with Crippen LogP contribution in [0, 0.1) is 12.8 Å². The molecule has 21 heavy (non-hydrogen) atoms. The van der Waals surface area contributed by atoms with E-state index in [4.69, 9.17) is 11.6 Å². The Morgan fingerprint density at radius 2 is 2.19 bits per heavy atom. The van der Waals surface area contributed by atoms with Crippen LogP contribution in [0.5, 0.6) is 0 Å². The molecule has 0 saturated heterocycles. The highest BCUT2D eigenvalue weighted by Gasteiger charge is 2.19. The zero-order chi connectivity index (χ0) is 15.6. The smallest absolute Gasteiger partial charge is 0.191 e. The van der Waals surface area contributed by atoms with Gasteiger partial charge in [-0.3, -0.25) is 4.57 Å². The first-order chi connectivity index (χ1) is 9.90. The summed E-state index contributed by atoms with van der Waals surface area (Å²) in [6.45, 7) is 13.2. The van der Waals surface area contributed by atoms with Crippen molar-refractivity contribution in [1.29, 1.82) is 0 Å². The molecule has 0 saturated carbocycles. The highest BCUT2D eigenvalue weighted by Crippen LogP contribution is 2.37. The molecule has 0 N–H and O–H groups in total. The summed E-state index contributed by atoms with van der Waals surface area (Å²) in [5, 5.41) is 12.5. The van der Waals surface area contributed by atoms with Gasteiger partial charge in [0.05, 0.1) is 9.90 Å². The van der Waals surface area contributed by atoms with Crippen molar-refractivity contribution in [3.05, 3.63) is 28.1 Å². The maximum absolute atomic E-state index is 6.39. The van der Waals surface area contributed by atoms with Crippen molar-refractivity contribution in [2.24, 2.45) is 5.92 Å². The van der Waals surface area contributed by atoms with Gasteiger partial charge < -0.3 is 0 Å². The molecule has 2 aromatic rings. The van der Waals surface area contributed by atoms with E-state index in [0.717, 1.165) is 44.3 Å². The molecule has 0 aliphatic rings. The van der Waals surface area contributed by atoms with Gasteiger partial charge >= 0.3 is 0 Å². The van der Waals surface area contributed by atoms with Gasteiger partial charge in [0, 0.05) is 12.3 Å². The number of nitrogens with zero attached hydrogens (tertiary/aromatic N) is 3. The number of halogens is 1. The van der Waals surface area contributed by atoms with Crippen molar-refractivity contribution < 1.29 is 0 Å². The molecule has 2 aromatic heterocycles. The SMILES string of the molecule is C=C(C)Cn1c(SCC(C)C)nnc1-c1scc(C)c1Cl. The molecular formula is C15H20ClN3S2. The number of hydrogen-bond acceptors (Lipinski definition) is 4. The molecule has 0 amide bonds. The predicted molar refractivity (Wildman–Crippen MR) is 93.5 cm³/mol. The second-order valence-corrected chi connectivity index (χ2v) is 7.86. The molecule has 2 heterocycles. The number of thioether (sulfide) groups is 1. The molecule has 114 valence electrons. The van der Waals surface area contributed by atoms with E-state index in [9.17, 15) is 0 Å². The van der Waals surface area contributed by atoms with Crippen LogP contribution in [0.4, 0.5) is 0 Å². The first kappa shape index (κ1) is 16.6. The topological polar surface area (TPSA) is 30.7 Å². The average molecular weight is 342 g/mol. The van der Waals surface area contributed by atoms with Crippen LogP contribution in [0.1, 0.15) is 26.3 Å². The van der Waals surface area contributed by atoms with Gasteiger partial charge in [0.25, 0.3) is 0 Å². The lowest BCUT2D eigenvalue weighted by atomic mass is 10.3. The van der Waals surface area contributed by atoms with Crippen molar-refractivity contribution in [2.75, 3.05) is 5.75 Å². The molecule has 0 fully saturated rings. The Morgan fingerprint density at radius 3 is 2.71 bits per heavy atom. The normalized spacial score (nSPS) is 11.3. The fourth-order valence-corrected chi connectivity index (χ4v) is 3.96. The van der Waals surface area contributed by atoms with Crippen molar-refractivity contribution in [3.8, 4) is 10.7 Å². The molecule has 6 heteroatoms. The monoisotopic (exact) mass is 341 g/mol. The molecule has 0 unspecified atom stereocenters. The molecular weight excluding hydrogens is 322 g/mol. The van der Waals surface area contributed by atoms with E-state index in [-0.39, 0.29) is 0 Å². The van der Waals surface area contributed by atoms with Gasteiger partial charge in [0.1, 0.15) is 0 Å². The van der Waals surface area contributed by atoms with Gasteiger partial charge in [-0.1, -0.05) is 49.4 Å². The molecule has 0 spiro atoms. The van der Waals surface area contributed by atoms with Crippen LogP contribution >= 0.6 is 34.7 Å². The molecule has 0 aliphatic carbocycles. The lowest BCUT2D eigenvalue weighted by Gasteiger charge is -2.10. The van der Waals surface area contributed by atoms with E-state index in [1.165, 1.54) is 0 Å². The Balaban J connectivity index is 2.41. The maximum atomic E-state index is 6.39. The fraction of sp³-hybridized carbons (Fsp3) is 0.467. The second kappa shape index (κ2) is 6.99. The van der Waals surface area contributed by atoms with Gasteiger partial charge in [0.15, 0.2) is 11.0 Å². The van der Waals surface area contributed by atoms with Crippen molar-refractivity contribution in [1.82, 2.24) is 14.8 Å². The minimum absolute atomic E-state index is 0.612. The predicted octanol–water partition coefficient (Wildman–Crippen LogP) is 5.29. The summed E-state index contributed by atoms with van der Waals surface area (Å²) >= 11 is 9.74. The van der Waals surface area contributed by atoms with E-state index < -0.39 is 0 Å². The highest BCUT2D eigenvalue weighted by atomic mass is 35.5. The Hall–Kier alpha value is -0.780. The average Bonchev–Trinajstić information content (AvgIpc) is 2.92. The number of allylic oxidation sites excluding steroid dienone is 1. The van der Waals surface area contributed by atoms with Crippen molar-refractivity contribution in [3.63, 3.8) is 0 Å². The minimum atomic E-state index is 0.612. The number of thiophene rings is 1. The number of hydrogen-bond donors (Lipinski definition) is 0. The Kier molecular flexibility index (Phi) is 5.52. The molecule has 0 radical (unpaired) electrons. The summed E-state index contributed by atoms with van der Waals surface area (Å²) in [6.07, 6.45) is 0. The molecule has 0 aliphatic heterocycles. The van der Waals surface area contributed by atoms with Crippen LogP contribution in [0.2, 0.25) is 5.02 Å². The van der Waals surface area contributed by atoms with E-state index in [1.807, 2.05) is 13.8 Å². The van der Waals surface area contributed by atoms with Gasteiger partial charge in [-0.25, -0.2) is 0 Å². The third-order valence-electron chi connectivity index (χ3n) is 2.79. The quantitative estimate of drug-likeness (QED) is 0.528. The van der Waals surface area contributed by atoms with Crippen LogP contribution in [0.25, 0.3) is 10.7 Å². The fourth-order valence-electron chi connectivity index (χ4n) is 1.80. The first-order valence-electron chi connectivity index (χ1n) is 6.84. The third kappa shape index (κ3) is 3.90. The van der Waals surface area contributed by atoms with Crippen molar-refractivity contribution >= 4 is 34.7 Å². The molecule has 0 atom stereocenters. The summed E-state index contributed by atoms with van der Waals surface area (Å²) in [7, 11) is 0. The van der Waals surface area contributed by atoms with E-state index >= 15 is 0 Å². The number of rotatable bonds is 6. The Bertz CT molecular complexity index is 643. The van der Waals surface area contributed by atoms with Gasteiger partial charge in [-0.15, -0.1) is 21.5 Å². The zero-order valence-electron chi connectivity index (χ0n) is 12.8.